The number of ether oxygens (including phenoxy) is 1. The molecule has 0 saturated heterocycles. The van der Waals surface area contributed by atoms with E-state index in [4.69, 9.17) is 10.5 Å². The zero-order valence-corrected chi connectivity index (χ0v) is 12.1. The molecule has 1 aromatic carbocycles. The lowest BCUT2D eigenvalue weighted by molar-refractivity contribution is 0.307. The maximum atomic E-state index is 6.05. The highest BCUT2D eigenvalue weighted by molar-refractivity contribution is 5.73. The minimum atomic E-state index is 0.426. The lowest BCUT2D eigenvalue weighted by Crippen LogP contribution is -2.06. The van der Waals surface area contributed by atoms with Gasteiger partial charge in [-0.05, 0) is 37.5 Å². The van der Waals surface area contributed by atoms with E-state index in [0.29, 0.717) is 24.0 Å². The number of aryl methyl sites for hydroxylation is 1. The summed E-state index contributed by atoms with van der Waals surface area (Å²) in [6, 6.07) is 6.06. The van der Waals surface area contributed by atoms with Gasteiger partial charge in [0.15, 0.2) is 5.82 Å². The van der Waals surface area contributed by atoms with Crippen molar-refractivity contribution in [3.05, 3.63) is 35.7 Å². The van der Waals surface area contributed by atoms with E-state index in [1.807, 2.05) is 19.1 Å². The summed E-state index contributed by atoms with van der Waals surface area (Å²) in [4.78, 5) is 8.25. The van der Waals surface area contributed by atoms with Crippen molar-refractivity contribution in [2.75, 3.05) is 17.7 Å². The number of nitrogen functional groups attached to an aromatic ring is 1. The van der Waals surface area contributed by atoms with Crippen molar-refractivity contribution in [3.63, 3.8) is 0 Å². The number of rotatable bonds is 5. The summed E-state index contributed by atoms with van der Waals surface area (Å²) >= 11 is 0. The van der Waals surface area contributed by atoms with Crippen LogP contribution < -0.4 is 15.8 Å². The van der Waals surface area contributed by atoms with Gasteiger partial charge in [0.25, 0.3) is 0 Å². The zero-order chi connectivity index (χ0) is 14.5. The fourth-order valence-corrected chi connectivity index (χ4v) is 1.81. The fraction of sp³-hybridized carbons (Fsp3) is 0.333. The monoisotopic (exact) mass is 272 g/mol. The summed E-state index contributed by atoms with van der Waals surface area (Å²) < 4.78 is 5.50. The highest BCUT2D eigenvalue weighted by atomic mass is 16.5. The van der Waals surface area contributed by atoms with Gasteiger partial charge in [0.05, 0.1) is 6.61 Å². The number of hydrogen-bond acceptors (Lipinski definition) is 5. The molecule has 1 aromatic heterocycles. The van der Waals surface area contributed by atoms with Crippen molar-refractivity contribution in [2.24, 2.45) is 0 Å². The summed E-state index contributed by atoms with van der Waals surface area (Å²) in [5.41, 5.74) is 9.84. The second-order valence-corrected chi connectivity index (χ2v) is 4.66. The van der Waals surface area contributed by atoms with Crippen LogP contribution in [0.15, 0.2) is 24.5 Å². The molecule has 2 rings (SSSR count). The van der Waals surface area contributed by atoms with E-state index >= 15 is 0 Å². The van der Waals surface area contributed by atoms with Crippen molar-refractivity contribution in [2.45, 2.75) is 27.2 Å². The number of hydrogen-bond donors (Lipinski definition) is 2. The first kappa shape index (κ1) is 14.1. The summed E-state index contributed by atoms with van der Waals surface area (Å²) in [5, 5.41) is 3.24. The fourth-order valence-electron chi connectivity index (χ4n) is 1.81. The lowest BCUT2D eigenvalue weighted by atomic mass is 10.1. The predicted molar refractivity (Wildman–Crippen MR) is 81.4 cm³/mol. The van der Waals surface area contributed by atoms with Gasteiger partial charge >= 0.3 is 0 Å². The molecule has 2 aromatic rings. The first-order chi connectivity index (χ1) is 9.63. The Morgan fingerprint density at radius 1 is 1.25 bits per heavy atom. The summed E-state index contributed by atoms with van der Waals surface area (Å²) in [5.74, 6) is 0.995. The molecule has 0 aliphatic heterocycles. The molecule has 0 unspecified atom stereocenters. The molecule has 3 N–H and O–H groups in total. The largest absolute Gasteiger partial charge is 0.476 e. The van der Waals surface area contributed by atoms with Crippen LogP contribution in [0.3, 0.4) is 0 Å². The number of benzene rings is 1. The average molecular weight is 272 g/mol. The molecule has 5 nitrogen and oxygen atoms in total. The average Bonchev–Trinajstić information content (AvgIpc) is 2.44. The Morgan fingerprint density at radius 3 is 2.80 bits per heavy atom. The van der Waals surface area contributed by atoms with Crippen LogP contribution in [-0.4, -0.2) is 16.6 Å². The van der Waals surface area contributed by atoms with E-state index in [9.17, 15) is 0 Å². The quantitative estimate of drug-likeness (QED) is 0.874. The molecule has 0 radical (unpaired) electrons. The number of nitrogens with zero attached hydrogens (tertiary/aromatic N) is 2. The van der Waals surface area contributed by atoms with Gasteiger partial charge in [-0.1, -0.05) is 19.1 Å². The van der Waals surface area contributed by atoms with Crippen molar-refractivity contribution < 1.29 is 4.74 Å². The smallest absolute Gasteiger partial charge is 0.242 e. The van der Waals surface area contributed by atoms with Crippen LogP contribution in [0.5, 0.6) is 5.88 Å². The number of nitrogens with two attached hydrogens (primary N) is 1. The van der Waals surface area contributed by atoms with E-state index in [-0.39, 0.29) is 0 Å². The maximum absolute atomic E-state index is 6.05. The molecule has 0 saturated carbocycles. The SMILES string of the molecule is CCCOc1ncnc(Nc2cccc(C)c2C)c1N. The van der Waals surface area contributed by atoms with Crippen LogP contribution >= 0.6 is 0 Å². The molecule has 0 amide bonds. The van der Waals surface area contributed by atoms with Gasteiger partial charge in [0.1, 0.15) is 12.0 Å². The van der Waals surface area contributed by atoms with Crippen molar-refractivity contribution in [3.8, 4) is 5.88 Å². The minimum Gasteiger partial charge on any atom is -0.476 e. The second kappa shape index (κ2) is 6.23. The lowest BCUT2D eigenvalue weighted by Gasteiger charge is -2.14. The van der Waals surface area contributed by atoms with Gasteiger partial charge in [0.2, 0.25) is 5.88 Å². The molecule has 0 atom stereocenters. The molecule has 20 heavy (non-hydrogen) atoms. The highest BCUT2D eigenvalue weighted by Gasteiger charge is 2.10. The Hall–Kier alpha value is -2.30. The maximum Gasteiger partial charge on any atom is 0.242 e. The molecule has 0 fully saturated rings. The Labute approximate surface area is 119 Å². The summed E-state index contributed by atoms with van der Waals surface area (Å²) in [7, 11) is 0. The van der Waals surface area contributed by atoms with E-state index < -0.39 is 0 Å². The standard InChI is InChI=1S/C15H20N4O/c1-4-8-20-15-13(16)14(17-9-18-15)19-12-7-5-6-10(2)11(12)3/h5-7,9H,4,8,16H2,1-3H3,(H,17,18,19). The van der Waals surface area contributed by atoms with Gasteiger partial charge in [-0.25, -0.2) is 4.98 Å². The molecule has 0 aliphatic carbocycles. The van der Waals surface area contributed by atoms with E-state index in [1.165, 1.54) is 17.5 Å². The summed E-state index contributed by atoms with van der Waals surface area (Å²) in [6.45, 7) is 6.75. The molecular formula is C15H20N4O. The van der Waals surface area contributed by atoms with E-state index in [0.717, 1.165) is 12.1 Å². The van der Waals surface area contributed by atoms with E-state index in [2.05, 4.69) is 35.2 Å². The molecular weight excluding hydrogens is 252 g/mol. The van der Waals surface area contributed by atoms with Crippen molar-refractivity contribution in [1.29, 1.82) is 0 Å². The molecule has 0 aliphatic rings. The van der Waals surface area contributed by atoms with Gasteiger partial charge in [-0.2, -0.15) is 4.98 Å². The third kappa shape index (κ3) is 2.99. The minimum absolute atomic E-state index is 0.426. The normalized spacial score (nSPS) is 10.3. The highest BCUT2D eigenvalue weighted by Crippen LogP contribution is 2.29. The number of aromatic nitrogens is 2. The van der Waals surface area contributed by atoms with Crippen LogP contribution in [0.2, 0.25) is 0 Å². The van der Waals surface area contributed by atoms with Crippen LogP contribution in [0.1, 0.15) is 24.5 Å². The van der Waals surface area contributed by atoms with Crippen LogP contribution in [0, 0.1) is 13.8 Å². The topological polar surface area (TPSA) is 73.1 Å². The third-order valence-corrected chi connectivity index (χ3v) is 3.15. The Balaban J connectivity index is 2.27. The molecule has 5 heteroatoms. The van der Waals surface area contributed by atoms with Crippen LogP contribution in [-0.2, 0) is 0 Å². The zero-order valence-electron chi connectivity index (χ0n) is 12.1. The first-order valence-electron chi connectivity index (χ1n) is 6.70. The van der Waals surface area contributed by atoms with Crippen molar-refractivity contribution >= 4 is 17.2 Å². The number of nitrogens with one attached hydrogen (secondary N) is 1. The second-order valence-electron chi connectivity index (χ2n) is 4.66. The first-order valence-corrected chi connectivity index (χ1v) is 6.70. The third-order valence-electron chi connectivity index (χ3n) is 3.15. The molecule has 106 valence electrons. The van der Waals surface area contributed by atoms with Gasteiger partial charge in [0, 0.05) is 5.69 Å². The van der Waals surface area contributed by atoms with E-state index in [1.54, 1.807) is 0 Å². The molecule has 1 heterocycles. The van der Waals surface area contributed by atoms with Gasteiger partial charge < -0.3 is 15.8 Å². The van der Waals surface area contributed by atoms with Crippen molar-refractivity contribution in [1.82, 2.24) is 9.97 Å². The summed E-state index contributed by atoms with van der Waals surface area (Å²) in [6.07, 6.45) is 2.36. The number of anilines is 3. The molecule has 0 spiro atoms. The Kier molecular flexibility index (Phi) is 4.40. The Morgan fingerprint density at radius 2 is 2.05 bits per heavy atom. The van der Waals surface area contributed by atoms with Crippen LogP contribution in [0.4, 0.5) is 17.2 Å². The van der Waals surface area contributed by atoms with Crippen LogP contribution in [0.25, 0.3) is 0 Å². The molecule has 0 bridgehead atoms. The Bertz CT molecular complexity index is 598. The van der Waals surface area contributed by atoms with Gasteiger partial charge in [-0.3, -0.25) is 0 Å². The predicted octanol–water partition coefficient (Wildman–Crippen LogP) is 3.21. The van der Waals surface area contributed by atoms with Gasteiger partial charge in [-0.15, -0.1) is 0 Å².